The van der Waals surface area contributed by atoms with Gasteiger partial charge in [-0.15, -0.1) is 0 Å². The van der Waals surface area contributed by atoms with Crippen LogP contribution in [0, 0.1) is 23.7 Å². The number of aliphatic hydroxyl groups is 1. The Morgan fingerprint density at radius 2 is 1.00 bits per heavy atom. The van der Waals surface area contributed by atoms with Crippen molar-refractivity contribution in [2.75, 3.05) is 14.2 Å². The number of Topliss-reactive ketones (excluding diaryl/α,β-unsaturated/α-hetero) is 1. The number of esters is 4. The highest BCUT2D eigenvalue weighted by molar-refractivity contribution is 6.05. The van der Waals surface area contributed by atoms with Crippen molar-refractivity contribution in [1.82, 2.24) is 10.6 Å². The average Bonchev–Trinajstić information content (AvgIpc) is 3.13. The van der Waals surface area contributed by atoms with Crippen molar-refractivity contribution in [2.45, 2.75) is 200 Å². The number of hydrogen-bond donors (Lipinski definition) is 3. The number of rotatable bonds is 20. The first-order valence-corrected chi connectivity index (χ1v) is 21.4. The van der Waals surface area contributed by atoms with E-state index in [0.717, 1.165) is 32.8 Å². The highest BCUT2D eigenvalue weighted by Crippen LogP contribution is 2.30. The van der Waals surface area contributed by atoms with Crippen LogP contribution in [0.4, 0.5) is 0 Å². The molecule has 0 bridgehead atoms. The van der Waals surface area contributed by atoms with E-state index in [-0.39, 0.29) is 12.8 Å². The number of methoxy groups -OCH3 is 2. The fourth-order valence-electron chi connectivity index (χ4n) is 7.56. The molecule has 0 radical (unpaired) electrons. The van der Waals surface area contributed by atoms with Crippen molar-refractivity contribution in [3.8, 4) is 0 Å². The van der Waals surface area contributed by atoms with Gasteiger partial charge in [0.15, 0.2) is 17.9 Å². The first kappa shape index (κ1) is 52.5. The number of amides is 2. The topological polar surface area (TPSA) is 201 Å². The van der Waals surface area contributed by atoms with Crippen LogP contribution in [-0.4, -0.2) is 90.2 Å². The normalized spacial score (nSPS) is 17.8. The third kappa shape index (κ3) is 22.6. The Labute approximate surface area is 347 Å². The summed E-state index contributed by atoms with van der Waals surface area (Å²) in [5, 5.41) is 14.8. The van der Waals surface area contributed by atoms with Crippen LogP contribution in [0.15, 0.2) is 0 Å². The lowest BCUT2D eigenvalue weighted by molar-refractivity contribution is -0.158. The van der Waals surface area contributed by atoms with E-state index in [1.807, 2.05) is 0 Å². The molecule has 3 unspecified atom stereocenters. The van der Waals surface area contributed by atoms with Crippen molar-refractivity contribution in [1.29, 1.82) is 0 Å². The molecule has 2 rings (SSSR count). The van der Waals surface area contributed by atoms with Crippen LogP contribution >= 0.6 is 0 Å². The summed E-state index contributed by atoms with van der Waals surface area (Å²) in [6.45, 7) is 13.3. The van der Waals surface area contributed by atoms with Crippen molar-refractivity contribution in [2.24, 2.45) is 23.7 Å². The molecule has 58 heavy (non-hydrogen) atoms. The SMILES string of the molecule is COC(=O)C(NC(=O)[C@H](CCCC1CCCCC1)CC(=O)OC(C)(C)C)C(C)=O.COC(=O)C(NC(=O)[C@H](CCCC1CCCCC1)CC(=O)OC(C)(C)C)C(C)O. The molecule has 0 aromatic carbocycles. The zero-order valence-electron chi connectivity index (χ0n) is 37.2. The van der Waals surface area contributed by atoms with Gasteiger partial charge >= 0.3 is 23.9 Å². The molecule has 2 aliphatic carbocycles. The third-order valence-electron chi connectivity index (χ3n) is 10.6. The molecule has 334 valence electrons. The molecule has 14 heteroatoms. The maximum Gasteiger partial charge on any atom is 0.336 e. The predicted molar refractivity (Wildman–Crippen MR) is 219 cm³/mol. The van der Waals surface area contributed by atoms with Crippen molar-refractivity contribution >= 4 is 41.5 Å². The van der Waals surface area contributed by atoms with Gasteiger partial charge in [-0.2, -0.15) is 0 Å². The second-order valence-corrected chi connectivity index (χ2v) is 18.2. The van der Waals surface area contributed by atoms with Gasteiger partial charge in [-0.05, 0) is 80.1 Å². The maximum absolute atomic E-state index is 12.8. The van der Waals surface area contributed by atoms with Crippen LogP contribution in [0.1, 0.15) is 171 Å². The van der Waals surface area contributed by atoms with Gasteiger partial charge in [-0.25, -0.2) is 9.59 Å². The van der Waals surface area contributed by atoms with Gasteiger partial charge < -0.3 is 34.7 Å². The Hall–Kier alpha value is -3.55. The molecule has 0 heterocycles. The molecule has 0 aromatic heterocycles. The van der Waals surface area contributed by atoms with E-state index in [1.165, 1.54) is 85.2 Å². The van der Waals surface area contributed by atoms with E-state index < -0.39 is 82.7 Å². The Bertz CT molecular complexity index is 1310. The summed E-state index contributed by atoms with van der Waals surface area (Å²) >= 11 is 0. The van der Waals surface area contributed by atoms with Crippen molar-refractivity contribution in [3.05, 3.63) is 0 Å². The summed E-state index contributed by atoms with van der Waals surface area (Å²) in [5.41, 5.74) is -1.28. The van der Waals surface area contributed by atoms with Crippen LogP contribution in [0.3, 0.4) is 0 Å². The Kier molecular flexibility index (Phi) is 24.0. The summed E-state index contributed by atoms with van der Waals surface area (Å²) in [6, 6.07) is -2.51. The smallest absolute Gasteiger partial charge is 0.336 e. The fourth-order valence-corrected chi connectivity index (χ4v) is 7.56. The fraction of sp³-hybridized carbons (Fsp3) is 0.841. The van der Waals surface area contributed by atoms with Crippen LogP contribution in [0.25, 0.3) is 0 Å². The molecule has 0 aromatic rings. The number of carbonyl (C=O) groups is 7. The largest absolute Gasteiger partial charge is 0.467 e. The van der Waals surface area contributed by atoms with Gasteiger partial charge in [0.05, 0.1) is 33.2 Å². The summed E-state index contributed by atoms with van der Waals surface area (Å²) in [7, 11) is 2.36. The van der Waals surface area contributed by atoms with Crippen LogP contribution in [-0.2, 0) is 52.5 Å². The molecular formula is C44H76N2O12. The third-order valence-corrected chi connectivity index (χ3v) is 10.6. The Morgan fingerprint density at radius 3 is 1.33 bits per heavy atom. The average molecular weight is 825 g/mol. The zero-order chi connectivity index (χ0) is 44.1. The molecular weight excluding hydrogens is 748 g/mol. The van der Waals surface area contributed by atoms with Gasteiger partial charge in [0.25, 0.3) is 0 Å². The van der Waals surface area contributed by atoms with E-state index in [1.54, 1.807) is 41.5 Å². The minimum Gasteiger partial charge on any atom is -0.467 e. The highest BCUT2D eigenvalue weighted by Gasteiger charge is 2.33. The highest BCUT2D eigenvalue weighted by atomic mass is 16.6. The summed E-state index contributed by atoms with van der Waals surface area (Å²) in [6.07, 6.45) is 16.0. The number of aliphatic hydroxyl groups excluding tert-OH is 1. The molecule has 0 aliphatic heterocycles. The lowest BCUT2D eigenvalue weighted by Gasteiger charge is -2.25. The molecule has 2 saturated carbocycles. The lowest BCUT2D eigenvalue weighted by Crippen LogP contribution is -2.50. The van der Waals surface area contributed by atoms with E-state index in [2.05, 4.69) is 20.1 Å². The number of carbonyl (C=O) groups excluding carboxylic acids is 7. The Morgan fingerprint density at radius 1 is 0.621 bits per heavy atom. The maximum atomic E-state index is 12.8. The molecule has 2 amide bonds. The van der Waals surface area contributed by atoms with Gasteiger partial charge in [-0.1, -0.05) is 89.9 Å². The number of nitrogens with one attached hydrogen (secondary N) is 2. The predicted octanol–water partition coefficient (Wildman–Crippen LogP) is 6.46. The number of ether oxygens (including phenoxy) is 4. The quantitative estimate of drug-likeness (QED) is 0.0689. The zero-order valence-corrected chi connectivity index (χ0v) is 37.2. The van der Waals surface area contributed by atoms with Gasteiger partial charge in [0.2, 0.25) is 11.8 Å². The van der Waals surface area contributed by atoms with Crippen molar-refractivity contribution in [3.63, 3.8) is 0 Å². The monoisotopic (exact) mass is 825 g/mol. The van der Waals surface area contributed by atoms with Gasteiger partial charge in [0, 0.05) is 11.8 Å². The first-order valence-electron chi connectivity index (χ1n) is 21.4. The van der Waals surface area contributed by atoms with E-state index in [0.29, 0.717) is 24.7 Å². The molecule has 3 N–H and O–H groups in total. The second-order valence-electron chi connectivity index (χ2n) is 18.2. The molecule has 2 aliphatic rings. The molecule has 0 saturated heterocycles. The minimum atomic E-state index is -1.35. The Balaban J connectivity index is 0.000000580. The minimum absolute atomic E-state index is 0.0541. The van der Waals surface area contributed by atoms with Crippen molar-refractivity contribution < 1.29 is 57.6 Å². The standard InChI is InChI=1S/C22H39NO6.C22H37NO6/c2*1-15(24)19(21(27)28-5)23-20(26)17(14-18(25)29-22(2,3)4)13-9-12-16-10-7-6-8-11-16/h15-17,19,24H,6-14H2,1-5H3,(H,23,26);16-17,19H,6-14H2,1-5H3,(H,23,26)/t15?,17-,19?;17-,19?/m11/s1. The number of ketones is 1. The summed E-state index contributed by atoms with van der Waals surface area (Å²) in [5.74, 6) is -3.78. The first-order chi connectivity index (χ1) is 27.1. The number of hydrogen-bond acceptors (Lipinski definition) is 12. The van der Waals surface area contributed by atoms with Gasteiger partial charge in [-0.3, -0.25) is 24.0 Å². The van der Waals surface area contributed by atoms with Crippen LogP contribution in [0.5, 0.6) is 0 Å². The molecule has 14 nitrogen and oxygen atoms in total. The summed E-state index contributed by atoms with van der Waals surface area (Å²) < 4.78 is 20.0. The van der Waals surface area contributed by atoms with Crippen LogP contribution in [0.2, 0.25) is 0 Å². The molecule has 5 atom stereocenters. The van der Waals surface area contributed by atoms with E-state index in [4.69, 9.17) is 9.47 Å². The van der Waals surface area contributed by atoms with E-state index >= 15 is 0 Å². The molecule has 2 fully saturated rings. The van der Waals surface area contributed by atoms with E-state index in [9.17, 15) is 38.7 Å². The second kappa shape index (κ2) is 26.5. The summed E-state index contributed by atoms with van der Waals surface area (Å²) in [4.78, 5) is 85.6. The molecule has 0 spiro atoms. The lowest BCUT2D eigenvalue weighted by atomic mass is 9.84. The van der Waals surface area contributed by atoms with Crippen LogP contribution < -0.4 is 10.6 Å². The van der Waals surface area contributed by atoms with Gasteiger partial charge in [0.1, 0.15) is 11.2 Å².